The predicted octanol–water partition coefficient (Wildman–Crippen LogP) is 2.36. The van der Waals surface area contributed by atoms with Gasteiger partial charge in [-0.3, -0.25) is 0 Å². The maximum absolute atomic E-state index is 12.2. The van der Waals surface area contributed by atoms with Crippen molar-refractivity contribution in [1.82, 2.24) is 0 Å². The molecule has 0 saturated heterocycles. The zero-order chi connectivity index (χ0) is 14.7. The minimum atomic E-state index is -0.581. The number of carbonyl (C=O) groups excluding carboxylic acids is 1. The number of fused-ring (bicyclic) bond motifs is 1. The molecule has 1 N–H and O–H groups in total. The molecule has 5 heteroatoms. The van der Waals surface area contributed by atoms with E-state index in [0.717, 1.165) is 31.4 Å². The first-order valence-corrected chi connectivity index (χ1v) is 7.49. The molecule has 3 unspecified atom stereocenters. The number of para-hydroxylation sites is 2. The van der Waals surface area contributed by atoms with Gasteiger partial charge in [-0.05, 0) is 31.4 Å². The van der Waals surface area contributed by atoms with Gasteiger partial charge in [0.1, 0.15) is 11.9 Å². The fraction of sp³-hybridized carbons (Fsp3) is 0.562. The Morgan fingerprint density at radius 3 is 2.95 bits per heavy atom. The third-order valence-corrected chi connectivity index (χ3v) is 4.09. The van der Waals surface area contributed by atoms with Gasteiger partial charge in [-0.15, -0.1) is 0 Å². The van der Waals surface area contributed by atoms with Gasteiger partial charge in [0.2, 0.25) is 6.10 Å². The van der Waals surface area contributed by atoms with Gasteiger partial charge < -0.3 is 19.5 Å². The van der Waals surface area contributed by atoms with Crippen LogP contribution in [0.2, 0.25) is 0 Å². The number of rotatable bonds is 3. The molecule has 1 aromatic carbocycles. The highest BCUT2D eigenvalue weighted by atomic mass is 16.6. The molecule has 1 fully saturated rings. The van der Waals surface area contributed by atoms with Gasteiger partial charge >= 0.3 is 5.97 Å². The van der Waals surface area contributed by atoms with Crippen LogP contribution in [0, 0.1) is 0 Å². The van der Waals surface area contributed by atoms with Crippen LogP contribution in [-0.2, 0) is 14.3 Å². The Labute approximate surface area is 124 Å². The van der Waals surface area contributed by atoms with Gasteiger partial charge in [-0.25, -0.2) is 4.79 Å². The van der Waals surface area contributed by atoms with Crippen LogP contribution in [0.5, 0.6) is 5.75 Å². The van der Waals surface area contributed by atoms with Gasteiger partial charge in [-0.1, -0.05) is 12.1 Å². The van der Waals surface area contributed by atoms with Crippen LogP contribution in [0.15, 0.2) is 24.3 Å². The molecule has 1 heterocycles. The molecule has 0 bridgehead atoms. The van der Waals surface area contributed by atoms with E-state index in [9.17, 15) is 4.79 Å². The highest BCUT2D eigenvalue weighted by Gasteiger charge is 2.31. The molecule has 21 heavy (non-hydrogen) atoms. The van der Waals surface area contributed by atoms with E-state index in [0.29, 0.717) is 12.3 Å². The highest BCUT2D eigenvalue weighted by Crippen LogP contribution is 2.29. The van der Waals surface area contributed by atoms with Crippen molar-refractivity contribution in [2.75, 3.05) is 19.0 Å². The molecule has 0 spiro atoms. The topological polar surface area (TPSA) is 56.8 Å². The van der Waals surface area contributed by atoms with E-state index < -0.39 is 6.10 Å². The molecule has 1 aliphatic heterocycles. The SMILES string of the molecule is COC1CCCC(OC(=O)C2CNc3ccccc3O2)C1. The number of hydrogen-bond donors (Lipinski definition) is 1. The van der Waals surface area contributed by atoms with E-state index in [1.54, 1.807) is 7.11 Å². The monoisotopic (exact) mass is 291 g/mol. The first kappa shape index (κ1) is 14.2. The summed E-state index contributed by atoms with van der Waals surface area (Å²) in [5.74, 6) is 0.405. The quantitative estimate of drug-likeness (QED) is 0.866. The molecular formula is C16H21NO4. The third-order valence-electron chi connectivity index (χ3n) is 4.09. The van der Waals surface area contributed by atoms with Crippen LogP contribution in [0.25, 0.3) is 0 Å². The summed E-state index contributed by atoms with van der Waals surface area (Å²) in [7, 11) is 1.71. The Bertz CT molecular complexity index is 505. The number of nitrogens with one attached hydrogen (secondary N) is 1. The summed E-state index contributed by atoms with van der Waals surface area (Å²) >= 11 is 0. The van der Waals surface area contributed by atoms with E-state index in [4.69, 9.17) is 14.2 Å². The Morgan fingerprint density at radius 1 is 1.29 bits per heavy atom. The second kappa shape index (κ2) is 6.35. The fourth-order valence-corrected chi connectivity index (χ4v) is 2.91. The molecule has 2 aliphatic rings. The second-order valence-electron chi connectivity index (χ2n) is 5.57. The third kappa shape index (κ3) is 3.29. The molecule has 1 aromatic rings. The number of carbonyl (C=O) groups is 1. The van der Waals surface area contributed by atoms with Crippen LogP contribution >= 0.6 is 0 Å². The highest BCUT2D eigenvalue weighted by molar-refractivity contribution is 5.78. The lowest BCUT2D eigenvalue weighted by Crippen LogP contribution is -2.41. The number of esters is 1. The van der Waals surface area contributed by atoms with Crippen molar-refractivity contribution in [3.05, 3.63) is 24.3 Å². The lowest BCUT2D eigenvalue weighted by Gasteiger charge is -2.31. The maximum atomic E-state index is 12.2. The largest absolute Gasteiger partial charge is 0.475 e. The Kier molecular flexibility index (Phi) is 4.29. The summed E-state index contributed by atoms with van der Waals surface area (Å²) < 4.78 is 16.7. The van der Waals surface area contributed by atoms with E-state index in [1.807, 2.05) is 24.3 Å². The van der Waals surface area contributed by atoms with Crippen LogP contribution in [0.3, 0.4) is 0 Å². The Morgan fingerprint density at radius 2 is 2.10 bits per heavy atom. The predicted molar refractivity (Wildman–Crippen MR) is 78.5 cm³/mol. The number of benzene rings is 1. The Hall–Kier alpha value is -1.75. The standard InChI is InChI=1S/C16H21NO4/c1-19-11-5-4-6-12(9-11)20-16(18)15-10-17-13-7-2-3-8-14(13)21-15/h2-3,7-8,11-12,15,17H,4-6,9-10H2,1H3. The van der Waals surface area contributed by atoms with E-state index in [1.165, 1.54) is 0 Å². The minimum absolute atomic E-state index is 0.0584. The van der Waals surface area contributed by atoms with Gasteiger partial charge in [0.05, 0.1) is 18.3 Å². The van der Waals surface area contributed by atoms with Crippen LogP contribution in [0.1, 0.15) is 25.7 Å². The number of anilines is 1. The van der Waals surface area contributed by atoms with Gasteiger partial charge in [0.25, 0.3) is 0 Å². The molecule has 3 atom stereocenters. The van der Waals surface area contributed by atoms with Crippen molar-refractivity contribution < 1.29 is 19.0 Å². The minimum Gasteiger partial charge on any atom is -0.475 e. The average molecular weight is 291 g/mol. The first-order chi connectivity index (χ1) is 10.3. The van der Waals surface area contributed by atoms with Gasteiger partial charge in [0.15, 0.2) is 0 Å². The summed E-state index contributed by atoms with van der Waals surface area (Å²) in [6.45, 7) is 0.441. The number of ether oxygens (including phenoxy) is 3. The van der Waals surface area contributed by atoms with Crippen LogP contribution < -0.4 is 10.1 Å². The fourth-order valence-electron chi connectivity index (χ4n) is 2.91. The van der Waals surface area contributed by atoms with Gasteiger partial charge in [-0.2, -0.15) is 0 Å². The zero-order valence-corrected chi connectivity index (χ0v) is 12.2. The van der Waals surface area contributed by atoms with Crippen molar-refractivity contribution >= 4 is 11.7 Å². The maximum Gasteiger partial charge on any atom is 0.349 e. The smallest absolute Gasteiger partial charge is 0.349 e. The molecule has 1 saturated carbocycles. The summed E-state index contributed by atoms with van der Waals surface area (Å²) in [5.41, 5.74) is 0.915. The Balaban J connectivity index is 1.57. The second-order valence-corrected chi connectivity index (χ2v) is 5.57. The first-order valence-electron chi connectivity index (χ1n) is 7.49. The lowest BCUT2D eigenvalue weighted by molar-refractivity contribution is -0.160. The number of methoxy groups -OCH3 is 1. The summed E-state index contributed by atoms with van der Waals surface area (Å²) in [6, 6.07) is 7.60. The lowest BCUT2D eigenvalue weighted by atomic mass is 9.95. The molecule has 0 radical (unpaired) electrons. The summed E-state index contributed by atoms with van der Waals surface area (Å²) in [5, 5.41) is 3.20. The normalized spacial score (nSPS) is 28.0. The van der Waals surface area contributed by atoms with E-state index >= 15 is 0 Å². The summed E-state index contributed by atoms with van der Waals surface area (Å²) in [6.07, 6.45) is 3.31. The van der Waals surface area contributed by atoms with Crippen LogP contribution in [-0.4, -0.2) is 37.9 Å². The molecule has 0 amide bonds. The molecule has 1 aliphatic carbocycles. The van der Waals surface area contributed by atoms with Crippen molar-refractivity contribution in [2.24, 2.45) is 0 Å². The van der Waals surface area contributed by atoms with E-state index in [2.05, 4.69) is 5.32 Å². The average Bonchev–Trinajstić information content (AvgIpc) is 2.54. The molecule has 114 valence electrons. The van der Waals surface area contributed by atoms with Crippen molar-refractivity contribution in [3.8, 4) is 5.75 Å². The van der Waals surface area contributed by atoms with Crippen molar-refractivity contribution in [1.29, 1.82) is 0 Å². The summed E-state index contributed by atoms with van der Waals surface area (Å²) in [4.78, 5) is 12.2. The zero-order valence-electron chi connectivity index (χ0n) is 12.2. The van der Waals surface area contributed by atoms with Crippen LogP contribution in [0.4, 0.5) is 5.69 Å². The number of hydrogen-bond acceptors (Lipinski definition) is 5. The van der Waals surface area contributed by atoms with Crippen molar-refractivity contribution in [2.45, 2.75) is 44.0 Å². The van der Waals surface area contributed by atoms with Crippen molar-refractivity contribution in [3.63, 3.8) is 0 Å². The molecular weight excluding hydrogens is 270 g/mol. The molecule has 5 nitrogen and oxygen atoms in total. The van der Waals surface area contributed by atoms with E-state index in [-0.39, 0.29) is 18.2 Å². The molecule has 0 aromatic heterocycles. The molecule has 3 rings (SSSR count). The van der Waals surface area contributed by atoms with Gasteiger partial charge in [0, 0.05) is 13.5 Å².